The zero-order valence-corrected chi connectivity index (χ0v) is 11.8. The largest absolute Gasteiger partial charge is 0.355 e. The minimum atomic E-state index is 0.0597. The average Bonchev–Trinajstić information content (AvgIpc) is 2.37. The van der Waals surface area contributed by atoms with Gasteiger partial charge in [0.2, 0.25) is 5.91 Å². The maximum absolute atomic E-state index is 11.7. The van der Waals surface area contributed by atoms with Gasteiger partial charge >= 0.3 is 0 Å². The molecule has 100 valence electrons. The van der Waals surface area contributed by atoms with E-state index in [1.165, 1.54) is 0 Å². The van der Waals surface area contributed by atoms with E-state index in [1.54, 1.807) is 12.1 Å². The zero-order valence-electron chi connectivity index (χ0n) is 11.1. The Bertz CT molecular complexity index is 361. The van der Waals surface area contributed by atoms with Crippen LogP contribution in [0.5, 0.6) is 0 Å². The summed E-state index contributed by atoms with van der Waals surface area (Å²) >= 11 is 5.79. The number of hydrogen-bond donors (Lipinski definition) is 1. The average molecular weight is 269 g/mol. The predicted molar refractivity (Wildman–Crippen MR) is 76.0 cm³/mol. The van der Waals surface area contributed by atoms with E-state index < -0.39 is 0 Å². The molecule has 0 aliphatic heterocycles. The summed E-state index contributed by atoms with van der Waals surface area (Å²) in [5.74, 6) is 0.0597. The van der Waals surface area contributed by atoms with Crippen LogP contribution >= 0.6 is 11.6 Å². The normalized spacial score (nSPS) is 10.7. The van der Waals surface area contributed by atoms with E-state index in [0.29, 0.717) is 18.0 Å². The summed E-state index contributed by atoms with van der Waals surface area (Å²) in [6, 6.07) is 7.37. The number of amides is 1. The Morgan fingerprint density at radius 3 is 2.39 bits per heavy atom. The van der Waals surface area contributed by atoms with E-state index in [9.17, 15) is 4.79 Å². The first-order valence-corrected chi connectivity index (χ1v) is 6.77. The molecule has 0 bridgehead atoms. The fourth-order valence-corrected chi connectivity index (χ4v) is 1.87. The van der Waals surface area contributed by atoms with Gasteiger partial charge < -0.3 is 10.2 Å². The minimum Gasteiger partial charge on any atom is -0.355 e. The lowest BCUT2D eigenvalue weighted by atomic mass is 10.1. The Labute approximate surface area is 114 Å². The molecule has 0 aliphatic rings. The molecule has 0 spiro atoms. The fraction of sp³-hybridized carbons (Fsp3) is 0.500. The van der Waals surface area contributed by atoms with Crippen molar-refractivity contribution < 1.29 is 4.79 Å². The van der Waals surface area contributed by atoms with Gasteiger partial charge in [-0.15, -0.1) is 0 Å². The van der Waals surface area contributed by atoms with Crippen molar-refractivity contribution in [2.24, 2.45) is 0 Å². The maximum Gasteiger partial charge on any atom is 0.224 e. The van der Waals surface area contributed by atoms with Crippen LogP contribution in [-0.4, -0.2) is 37.0 Å². The number of rotatable bonds is 7. The van der Waals surface area contributed by atoms with Crippen molar-refractivity contribution in [2.45, 2.75) is 20.3 Å². The van der Waals surface area contributed by atoms with Crippen molar-refractivity contribution in [2.75, 3.05) is 26.2 Å². The first kappa shape index (κ1) is 15.0. The van der Waals surface area contributed by atoms with Crippen molar-refractivity contribution in [3.05, 3.63) is 34.9 Å². The van der Waals surface area contributed by atoms with Gasteiger partial charge in [-0.25, -0.2) is 0 Å². The van der Waals surface area contributed by atoms with Gasteiger partial charge in [0.05, 0.1) is 6.42 Å². The van der Waals surface area contributed by atoms with Crippen LogP contribution < -0.4 is 5.32 Å². The van der Waals surface area contributed by atoms with Crippen molar-refractivity contribution in [3.63, 3.8) is 0 Å². The Hall–Kier alpha value is -1.06. The van der Waals surface area contributed by atoms with E-state index >= 15 is 0 Å². The molecule has 1 amide bonds. The van der Waals surface area contributed by atoms with E-state index in [0.717, 1.165) is 25.2 Å². The van der Waals surface area contributed by atoms with E-state index in [1.807, 2.05) is 12.1 Å². The number of carbonyl (C=O) groups excluding carboxylic acids is 1. The third-order valence-electron chi connectivity index (χ3n) is 2.92. The Balaban J connectivity index is 2.27. The Morgan fingerprint density at radius 1 is 1.22 bits per heavy atom. The van der Waals surface area contributed by atoms with Crippen LogP contribution in [0.3, 0.4) is 0 Å². The van der Waals surface area contributed by atoms with Crippen LogP contribution in [0.25, 0.3) is 0 Å². The molecule has 1 aromatic carbocycles. The number of likely N-dealkylation sites (N-methyl/N-ethyl adjacent to an activating group) is 1. The molecule has 0 fully saturated rings. The SMILES string of the molecule is CCN(CC)CCNC(=O)Cc1ccc(Cl)cc1. The molecule has 0 aliphatic carbocycles. The van der Waals surface area contributed by atoms with Crippen molar-refractivity contribution in [3.8, 4) is 0 Å². The number of hydrogen-bond acceptors (Lipinski definition) is 2. The maximum atomic E-state index is 11.7. The molecule has 3 nitrogen and oxygen atoms in total. The highest BCUT2D eigenvalue weighted by Crippen LogP contribution is 2.09. The third kappa shape index (κ3) is 5.52. The summed E-state index contributed by atoms with van der Waals surface area (Å²) < 4.78 is 0. The second kappa shape index (κ2) is 8.11. The first-order valence-electron chi connectivity index (χ1n) is 6.39. The summed E-state index contributed by atoms with van der Waals surface area (Å²) in [5, 5.41) is 3.63. The second-order valence-corrected chi connectivity index (χ2v) is 4.62. The van der Waals surface area contributed by atoms with Gasteiger partial charge in [-0.2, -0.15) is 0 Å². The second-order valence-electron chi connectivity index (χ2n) is 4.18. The van der Waals surface area contributed by atoms with Gasteiger partial charge in [0.25, 0.3) is 0 Å². The molecule has 0 aromatic heterocycles. The van der Waals surface area contributed by atoms with Gasteiger partial charge in [0, 0.05) is 18.1 Å². The molecule has 1 rings (SSSR count). The molecular formula is C14H21ClN2O. The number of nitrogens with zero attached hydrogens (tertiary/aromatic N) is 1. The van der Waals surface area contributed by atoms with Crippen LogP contribution in [-0.2, 0) is 11.2 Å². The summed E-state index contributed by atoms with van der Waals surface area (Å²) in [6.45, 7) is 7.89. The highest BCUT2D eigenvalue weighted by atomic mass is 35.5. The highest BCUT2D eigenvalue weighted by Gasteiger charge is 2.04. The highest BCUT2D eigenvalue weighted by molar-refractivity contribution is 6.30. The van der Waals surface area contributed by atoms with Crippen LogP contribution in [0.15, 0.2) is 24.3 Å². The lowest BCUT2D eigenvalue weighted by molar-refractivity contribution is -0.120. The Morgan fingerprint density at radius 2 is 1.83 bits per heavy atom. The quantitative estimate of drug-likeness (QED) is 0.823. The third-order valence-corrected chi connectivity index (χ3v) is 3.17. The number of nitrogens with one attached hydrogen (secondary N) is 1. The molecule has 4 heteroatoms. The van der Waals surface area contributed by atoms with Gasteiger partial charge in [-0.1, -0.05) is 37.6 Å². The summed E-state index contributed by atoms with van der Waals surface area (Å²) in [7, 11) is 0. The van der Waals surface area contributed by atoms with Crippen molar-refractivity contribution >= 4 is 17.5 Å². The van der Waals surface area contributed by atoms with Gasteiger partial charge in [-0.3, -0.25) is 4.79 Å². The number of halogens is 1. The topological polar surface area (TPSA) is 32.3 Å². The molecule has 0 heterocycles. The standard InChI is InChI=1S/C14H21ClN2O/c1-3-17(4-2)10-9-16-14(18)11-12-5-7-13(15)8-6-12/h5-8H,3-4,9-11H2,1-2H3,(H,16,18). The summed E-state index contributed by atoms with van der Waals surface area (Å²) in [6.07, 6.45) is 0.412. The lowest BCUT2D eigenvalue weighted by Crippen LogP contribution is -2.35. The molecule has 0 atom stereocenters. The molecule has 0 saturated carbocycles. The van der Waals surface area contributed by atoms with Crippen LogP contribution in [0, 0.1) is 0 Å². The van der Waals surface area contributed by atoms with Crippen LogP contribution in [0.2, 0.25) is 5.02 Å². The van der Waals surface area contributed by atoms with Crippen LogP contribution in [0.4, 0.5) is 0 Å². The minimum absolute atomic E-state index is 0.0597. The predicted octanol–water partition coefficient (Wildman–Crippen LogP) is 2.34. The van der Waals surface area contributed by atoms with Crippen molar-refractivity contribution in [1.82, 2.24) is 10.2 Å². The smallest absolute Gasteiger partial charge is 0.224 e. The monoisotopic (exact) mass is 268 g/mol. The van der Waals surface area contributed by atoms with Gasteiger partial charge in [-0.05, 0) is 30.8 Å². The van der Waals surface area contributed by atoms with Crippen LogP contribution in [0.1, 0.15) is 19.4 Å². The number of benzene rings is 1. The van der Waals surface area contributed by atoms with E-state index in [-0.39, 0.29) is 5.91 Å². The molecule has 0 radical (unpaired) electrons. The number of carbonyl (C=O) groups is 1. The first-order chi connectivity index (χ1) is 8.65. The molecule has 18 heavy (non-hydrogen) atoms. The van der Waals surface area contributed by atoms with Crippen molar-refractivity contribution in [1.29, 1.82) is 0 Å². The summed E-state index contributed by atoms with van der Waals surface area (Å²) in [5.41, 5.74) is 0.986. The molecule has 1 N–H and O–H groups in total. The molecule has 0 unspecified atom stereocenters. The lowest BCUT2D eigenvalue weighted by Gasteiger charge is -2.17. The van der Waals surface area contributed by atoms with E-state index in [2.05, 4.69) is 24.1 Å². The zero-order chi connectivity index (χ0) is 13.4. The van der Waals surface area contributed by atoms with E-state index in [4.69, 9.17) is 11.6 Å². The molecular weight excluding hydrogens is 248 g/mol. The molecule has 0 saturated heterocycles. The van der Waals surface area contributed by atoms with Gasteiger partial charge in [0.1, 0.15) is 0 Å². The summed E-state index contributed by atoms with van der Waals surface area (Å²) in [4.78, 5) is 14.0. The fourth-order valence-electron chi connectivity index (χ4n) is 1.74. The van der Waals surface area contributed by atoms with Gasteiger partial charge in [0.15, 0.2) is 0 Å². The molecule has 1 aromatic rings. The Kier molecular flexibility index (Phi) is 6.76.